The van der Waals surface area contributed by atoms with E-state index in [-0.39, 0.29) is 65.6 Å². The number of halogens is 5. The monoisotopic (exact) mass is 669 g/mol. The van der Waals surface area contributed by atoms with E-state index in [1.165, 1.54) is 12.4 Å². The summed E-state index contributed by atoms with van der Waals surface area (Å²) >= 11 is 0. The van der Waals surface area contributed by atoms with E-state index in [1.54, 1.807) is 37.5 Å². The van der Waals surface area contributed by atoms with Gasteiger partial charge in [0.05, 0.1) is 28.0 Å². The van der Waals surface area contributed by atoms with Crippen LogP contribution in [0.3, 0.4) is 0 Å². The van der Waals surface area contributed by atoms with Crippen LogP contribution in [0.5, 0.6) is 5.75 Å². The Bertz CT molecular complexity index is 2020. The van der Waals surface area contributed by atoms with Crippen molar-refractivity contribution in [3.8, 4) is 22.7 Å². The first kappa shape index (κ1) is 33.0. The van der Waals surface area contributed by atoms with Gasteiger partial charge in [-0.3, -0.25) is 4.79 Å². The van der Waals surface area contributed by atoms with Crippen LogP contribution in [0.4, 0.5) is 27.8 Å². The molecule has 10 nitrogen and oxygen atoms in total. The highest BCUT2D eigenvalue weighted by molar-refractivity contribution is 5.91. The number of hydrogen-bond acceptors (Lipinski definition) is 8. The Hall–Kier alpha value is -4.95. The predicted molar refractivity (Wildman–Crippen MR) is 167 cm³/mol. The fourth-order valence-electron chi connectivity index (χ4n) is 6.26. The van der Waals surface area contributed by atoms with E-state index < -0.39 is 65.1 Å². The first-order valence-corrected chi connectivity index (χ1v) is 15.4. The van der Waals surface area contributed by atoms with Gasteiger partial charge in [0.2, 0.25) is 5.91 Å². The highest BCUT2D eigenvalue weighted by Crippen LogP contribution is 2.39. The zero-order valence-electron chi connectivity index (χ0n) is 26.6. The summed E-state index contributed by atoms with van der Waals surface area (Å²) in [6.45, 7) is 9.90. The normalized spacial score (nSPS) is 19.2. The molecule has 0 aliphatic carbocycles. The quantitative estimate of drug-likeness (QED) is 0.213. The Balaban J connectivity index is 1.72. The van der Waals surface area contributed by atoms with Crippen LogP contribution >= 0.6 is 0 Å². The van der Waals surface area contributed by atoms with Crippen molar-refractivity contribution in [1.29, 1.82) is 0 Å². The average Bonchev–Trinajstić information content (AvgIpc) is 3.05. The predicted octanol–water partition coefficient (Wildman–Crippen LogP) is 5.35. The molecule has 1 aromatic carbocycles. The molecule has 2 aliphatic heterocycles. The number of carbonyl (C=O) groups excluding carboxylic acids is 1. The summed E-state index contributed by atoms with van der Waals surface area (Å²) in [7, 11) is 0. The van der Waals surface area contributed by atoms with E-state index in [4.69, 9.17) is 4.74 Å². The number of carbonyl (C=O) groups is 1. The van der Waals surface area contributed by atoms with Crippen LogP contribution in [-0.4, -0.2) is 73.0 Å². The summed E-state index contributed by atoms with van der Waals surface area (Å²) in [4.78, 5) is 47.5. The average molecular weight is 670 g/mol. The van der Waals surface area contributed by atoms with Crippen molar-refractivity contribution in [3.05, 3.63) is 76.5 Å². The molecule has 0 spiro atoms. The van der Waals surface area contributed by atoms with Crippen molar-refractivity contribution in [2.24, 2.45) is 0 Å². The van der Waals surface area contributed by atoms with E-state index in [1.807, 2.05) is 0 Å². The number of ether oxygens (including phenoxy) is 1. The lowest BCUT2D eigenvalue weighted by atomic mass is 10.0. The van der Waals surface area contributed by atoms with E-state index in [0.717, 1.165) is 16.7 Å². The summed E-state index contributed by atoms with van der Waals surface area (Å²) in [6.07, 6.45) is 1.28. The molecule has 2 bridgehead atoms. The zero-order chi connectivity index (χ0) is 34.7. The molecule has 5 heterocycles. The fourth-order valence-corrected chi connectivity index (χ4v) is 6.26. The minimum Gasteiger partial charge on any atom is -0.486 e. The van der Waals surface area contributed by atoms with Crippen LogP contribution < -0.4 is 15.3 Å². The van der Waals surface area contributed by atoms with Gasteiger partial charge in [0.25, 0.3) is 5.92 Å². The minimum absolute atomic E-state index is 0.0161. The maximum absolute atomic E-state index is 16.3. The first-order chi connectivity index (χ1) is 22.7. The Morgan fingerprint density at radius 3 is 2.54 bits per heavy atom. The maximum Gasteiger partial charge on any atom is 0.355 e. The Labute approximate surface area is 271 Å². The van der Waals surface area contributed by atoms with Gasteiger partial charge in [-0.2, -0.15) is 4.98 Å². The third-order valence-electron chi connectivity index (χ3n) is 8.67. The lowest BCUT2D eigenvalue weighted by molar-refractivity contribution is -0.128. The number of pyridine rings is 1. The molecule has 1 amide bonds. The van der Waals surface area contributed by atoms with Crippen molar-refractivity contribution in [1.82, 2.24) is 29.4 Å². The van der Waals surface area contributed by atoms with Gasteiger partial charge in [-0.25, -0.2) is 46.3 Å². The summed E-state index contributed by atoms with van der Waals surface area (Å²) in [6, 6.07) is 1.81. The third kappa shape index (κ3) is 5.64. The highest BCUT2D eigenvalue weighted by Gasteiger charge is 2.36. The summed E-state index contributed by atoms with van der Waals surface area (Å²) in [5.41, 5.74) is -2.32. The number of aryl methyl sites for hydroxylation is 1. The molecule has 0 radical (unpaired) electrons. The molecule has 0 saturated carbocycles. The number of amides is 1. The molecule has 2 atom stereocenters. The van der Waals surface area contributed by atoms with Crippen molar-refractivity contribution < 1.29 is 31.5 Å². The molecule has 6 rings (SSSR count). The Morgan fingerprint density at radius 2 is 1.83 bits per heavy atom. The van der Waals surface area contributed by atoms with Crippen LogP contribution in [-0.2, 0) is 11.2 Å². The molecule has 0 unspecified atom stereocenters. The number of nitrogens with zero attached hydrogens (tertiary/aromatic N) is 7. The number of aromatic nitrogens is 5. The number of hydrogen-bond donors (Lipinski definition) is 0. The second kappa shape index (κ2) is 12.3. The molecular formula is C33H32F5N7O3. The molecule has 48 heavy (non-hydrogen) atoms. The second-order valence-electron chi connectivity index (χ2n) is 12.4. The van der Waals surface area contributed by atoms with Crippen molar-refractivity contribution in [3.63, 3.8) is 0 Å². The SMILES string of the molecule is C=CC(=O)N1C[C@H](C)N(c2nc(=O)n3c4nc(c(F)cc24)-c2c(ccc(F)c2F)OCC(F)(F)CCc2ncnc(C(C)C)c2-3)C[C@H]1C. The zero-order valence-corrected chi connectivity index (χ0v) is 26.6. The smallest absolute Gasteiger partial charge is 0.355 e. The Morgan fingerprint density at radius 1 is 1.08 bits per heavy atom. The summed E-state index contributed by atoms with van der Waals surface area (Å²) < 4.78 is 83.2. The molecular weight excluding hydrogens is 637 g/mol. The van der Waals surface area contributed by atoms with Gasteiger partial charge >= 0.3 is 5.69 Å². The van der Waals surface area contributed by atoms with Crippen LogP contribution in [0.2, 0.25) is 0 Å². The molecule has 252 valence electrons. The lowest BCUT2D eigenvalue weighted by Gasteiger charge is -2.44. The molecule has 2 aliphatic rings. The van der Waals surface area contributed by atoms with E-state index >= 15 is 17.6 Å². The molecule has 1 saturated heterocycles. The van der Waals surface area contributed by atoms with Gasteiger partial charge in [-0.15, -0.1) is 0 Å². The van der Waals surface area contributed by atoms with Crippen LogP contribution in [0, 0.1) is 17.5 Å². The summed E-state index contributed by atoms with van der Waals surface area (Å²) in [5, 5.41) is 0.0161. The second-order valence-corrected chi connectivity index (χ2v) is 12.4. The van der Waals surface area contributed by atoms with Gasteiger partial charge in [0.1, 0.15) is 23.6 Å². The van der Waals surface area contributed by atoms with E-state index in [2.05, 4.69) is 26.5 Å². The minimum atomic E-state index is -3.49. The topological polar surface area (TPSA) is 106 Å². The number of alkyl halides is 2. The summed E-state index contributed by atoms with van der Waals surface area (Å²) in [5.74, 6) is -8.78. The van der Waals surface area contributed by atoms with Crippen LogP contribution in [0.15, 0.2) is 42.0 Å². The van der Waals surface area contributed by atoms with Gasteiger partial charge in [-0.1, -0.05) is 20.4 Å². The molecule has 1 fully saturated rings. The van der Waals surface area contributed by atoms with Crippen molar-refractivity contribution in [2.75, 3.05) is 24.6 Å². The van der Waals surface area contributed by atoms with Gasteiger partial charge in [0.15, 0.2) is 29.7 Å². The molecule has 0 N–H and O–H groups in total. The standard InChI is InChI=1S/C33H32F5N7O3/c1-6-24(46)43-12-18(5)44(13-17(43)4)30-19-11-21(35)28-25-23(8-7-20(34)26(25)36)48-14-33(37,38)10-9-22-29(27(16(2)3)40-15-39-22)45(31(19)41-28)32(47)42-30/h6-8,11,15-18H,1,9-10,12-14H2,2-5H3/t17-,18+/m1/s1. The van der Waals surface area contributed by atoms with Gasteiger partial charge < -0.3 is 14.5 Å². The number of rotatable bonds is 3. The van der Waals surface area contributed by atoms with E-state index in [9.17, 15) is 14.0 Å². The van der Waals surface area contributed by atoms with Gasteiger partial charge in [0, 0.05) is 31.6 Å². The highest BCUT2D eigenvalue weighted by atomic mass is 19.3. The van der Waals surface area contributed by atoms with Crippen molar-refractivity contribution in [2.45, 2.75) is 64.5 Å². The fraction of sp³-hybridized carbons (Fsp3) is 0.394. The number of fused-ring (bicyclic) bond motifs is 5. The number of benzene rings is 1. The molecule has 15 heteroatoms. The van der Waals surface area contributed by atoms with Crippen LogP contribution in [0.25, 0.3) is 28.0 Å². The number of piperazine rings is 1. The first-order valence-electron chi connectivity index (χ1n) is 15.4. The van der Waals surface area contributed by atoms with Crippen LogP contribution in [0.1, 0.15) is 51.4 Å². The largest absolute Gasteiger partial charge is 0.486 e. The lowest BCUT2D eigenvalue weighted by Crippen LogP contribution is -2.58. The maximum atomic E-state index is 16.3. The third-order valence-corrected chi connectivity index (χ3v) is 8.67. The number of anilines is 1. The van der Waals surface area contributed by atoms with Gasteiger partial charge in [-0.05, 0) is 50.5 Å². The molecule has 4 aromatic rings. The molecule has 3 aromatic heterocycles. The Kier molecular flexibility index (Phi) is 8.42. The van der Waals surface area contributed by atoms with E-state index in [0.29, 0.717) is 11.8 Å². The van der Waals surface area contributed by atoms with Crippen molar-refractivity contribution >= 4 is 22.8 Å².